The van der Waals surface area contributed by atoms with Crippen molar-refractivity contribution in [3.63, 3.8) is 0 Å². The lowest BCUT2D eigenvalue weighted by molar-refractivity contribution is 0.0940. The van der Waals surface area contributed by atoms with Crippen molar-refractivity contribution in [1.29, 1.82) is 0 Å². The van der Waals surface area contributed by atoms with E-state index in [0.29, 0.717) is 18.0 Å². The Hall–Kier alpha value is 0.0700. The molecule has 1 aliphatic heterocycles. The van der Waals surface area contributed by atoms with Crippen molar-refractivity contribution in [2.75, 3.05) is 32.1 Å². The summed E-state index contributed by atoms with van der Waals surface area (Å²) < 4.78 is 11.1. The van der Waals surface area contributed by atoms with Crippen molar-refractivity contribution in [2.45, 2.75) is 32.4 Å². The van der Waals surface area contributed by atoms with E-state index in [-0.39, 0.29) is 0 Å². The third kappa shape index (κ3) is 3.54. The Bertz CT molecular complexity index is 223. The first-order valence-corrected chi connectivity index (χ1v) is 7.50. The Morgan fingerprint density at radius 2 is 2.13 bits per heavy atom. The summed E-state index contributed by atoms with van der Waals surface area (Å²) >= 11 is 0. The molecule has 0 radical (unpaired) electrons. The summed E-state index contributed by atoms with van der Waals surface area (Å²) in [7, 11) is 1.39. The molecule has 15 heavy (non-hydrogen) atoms. The van der Waals surface area contributed by atoms with E-state index < -0.39 is 10.8 Å². The van der Waals surface area contributed by atoms with Gasteiger partial charge in [0.2, 0.25) is 0 Å². The molecule has 0 aromatic carbocycles. The molecule has 0 amide bonds. The maximum atomic E-state index is 11.1. The Balaban J connectivity index is 2.45. The molecular weight excluding hydrogens is 208 g/mol. The number of rotatable bonds is 4. The van der Waals surface area contributed by atoms with E-state index in [9.17, 15) is 4.21 Å². The van der Waals surface area contributed by atoms with Gasteiger partial charge in [0.15, 0.2) is 0 Å². The van der Waals surface area contributed by atoms with Crippen LogP contribution in [0.2, 0.25) is 0 Å². The molecule has 1 aliphatic rings. The van der Waals surface area contributed by atoms with E-state index in [4.69, 9.17) is 0 Å². The van der Waals surface area contributed by atoms with Crippen LogP contribution < -0.4 is 5.32 Å². The number of hydrogen-bond acceptors (Lipinski definition) is 3. The monoisotopic (exact) mass is 232 g/mol. The van der Waals surface area contributed by atoms with Gasteiger partial charge >= 0.3 is 0 Å². The Morgan fingerprint density at radius 1 is 1.47 bits per heavy atom. The molecular formula is C11H24N2OS. The highest BCUT2D eigenvalue weighted by molar-refractivity contribution is 7.84. The highest BCUT2D eigenvalue weighted by atomic mass is 32.2. The smallest absolute Gasteiger partial charge is 0.0359 e. The minimum absolute atomic E-state index is 0.597. The molecule has 1 fully saturated rings. The van der Waals surface area contributed by atoms with E-state index in [1.165, 1.54) is 6.42 Å². The Morgan fingerprint density at radius 3 is 2.67 bits per heavy atom. The maximum absolute atomic E-state index is 11.1. The molecule has 3 nitrogen and oxygen atoms in total. The lowest BCUT2D eigenvalue weighted by Gasteiger charge is -2.42. The molecule has 1 saturated heterocycles. The first-order chi connectivity index (χ1) is 7.06. The molecule has 0 aliphatic carbocycles. The molecule has 0 saturated carbocycles. The van der Waals surface area contributed by atoms with Gasteiger partial charge in [0.05, 0.1) is 0 Å². The van der Waals surface area contributed by atoms with Gasteiger partial charge in [-0.1, -0.05) is 6.92 Å². The third-order valence-electron chi connectivity index (χ3n) is 3.74. The second-order valence-electron chi connectivity index (χ2n) is 4.60. The van der Waals surface area contributed by atoms with Crippen molar-refractivity contribution < 1.29 is 4.21 Å². The Kier molecular flexibility index (Phi) is 5.23. The average molecular weight is 232 g/mol. The fourth-order valence-electron chi connectivity index (χ4n) is 2.41. The predicted molar refractivity (Wildman–Crippen MR) is 66.6 cm³/mol. The second-order valence-corrected chi connectivity index (χ2v) is 6.15. The minimum Gasteiger partial charge on any atom is -0.317 e. The zero-order valence-corrected chi connectivity index (χ0v) is 11.1. The van der Waals surface area contributed by atoms with Gasteiger partial charge in [-0.05, 0) is 32.9 Å². The van der Waals surface area contributed by atoms with Gasteiger partial charge in [0.25, 0.3) is 0 Å². The fraction of sp³-hybridized carbons (Fsp3) is 1.00. The van der Waals surface area contributed by atoms with E-state index in [1.807, 2.05) is 7.05 Å². The van der Waals surface area contributed by atoms with Crippen molar-refractivity contribution in [1.82, 2.24) is 10.2 Å². The van der Waals surface area contributed by atoms with Crippen LogP contribution in [-0.4, -0.2) is 53.3 Å². The van der Waals surface area contributed by atoms with E-state index in [1.54, 1.807) is 6.26 Å². The third-order valence-corrected chi connectivity index (χ3v) is 4.49. The molecule has 1 heterocycles. The van der Waals surface area contributed by atoms with Gasteiger partial charge in [0, 0.05) is 41.4 Å². The Labute approximate surface area is 96.1 Å². The predicted octanol–water partition coefficient (Wildman–Crippen LogP) is 0.683. The minimum atomic E-state index is -0.661. The topological polar surface area (TPSA) is 32.3 Å². The van der Waals surface area contributed by atoms with Gasteiger partial charge in [-0.2, -0.15) is 0 Å². The molecule has 4 heteroatoms. The van der Waals surface area contributed by atoms with Crippen LogP contribution in [0.25, 0.3) is 0 Å². The first-order valence-electron chi connectivity index (χ1n) is 5.77. The van der Waals surface area contributed by atoms with Crippen LogP contribution >= 0.6 is 0 Å². The summed E-state index contributed by atoms with van der Waals surface area (Å²) in [5, 5.41) is 3.38. The second kappa shape index (κ2) is 5.97. The summed E-state index contributed by atoms with van der Waals surface area (Å²) in [6, 6.07) is 1.24. The molecule has 0 bridgehead atoms. The summed E-state index contributed by atoms with van der Waals surface area (Å²) in [6.07, 6.45) is 2.99. The highest BCUT2D eigenvalue weighted by Crippen LogP contribution is 2.22. The van der Waals surface area contributed by atoms with Gasteiger partial charge in [0.1, 0.15) is 0 Å². The molecule has 90 valence electrons. The number of nitrogens with one attached hydrogen (secondary N) is 1. The SMILES string of the molecule is CNC1CCN(CCS(C)=O)C(C)C1C. The molecule has 4 atom stereocenters. The number of piperidine rings is 1. The van der Waals surface area contributed by atoms with E-state index in [0.717, 1.165) is 18.8 Å². The molecule has 1 N–H and O–H groups in total. The van der Waals surface area contributed by atoms with Gasteiger partial charge in [-0.3, -0.25) is 9.11 Å². The van der Waals surface area contributed by atoms with Crippen molar-refractivity contribution in [3.8, 4) is 0 Å². The fourth-order valence-corrected chi connectivity index (χ4v) is 2.90. The molecule has 0 aromatic heterocycles. The van der Waals surface area contributed by atoms with Crippen molar-refractivity contribution in [3.05, 3.63) is 0 Å². The average Bonchev–Trinajstić information content (AvgIpc) is 2.20. The van der Waals surface area contributed by atoms with Gasteiger partial charge in [-0.25, -0.2) is 0 Å². The van der Waals surface area contributed by atoms with Crippen LogP contribution in [0.5, 0.6) is 0 Å². The summed E-state index contributed by atoms with van der Waals surface area (Å²) in [5.41, 5.74) is 0. The number of hydrogen-bond donors (Lipinski definition) is 1. The zero-order chi connectivity index (χ0) is 11.4. The van der Waals surface area contributed by atoms with Crippen LogP contribution in [0.3, 0.4) is 0 Å². The standard InChI is InChI=1S/C11H24N2OS/c1-9-10(2)13(7-8-15(4)14)6-5-11(9)12-3/h9-12H,5-8H2,1-4H3. The first kappa shape index (κ1) is 13.1. The largest absolute Gasteiger partial charge is 0.317 e. The lowest BCUT2D eigenvalue weighted by atomic mass is 9.87. The van der Waals surface area contributed by atoms with Crippen molar-refractivity contribution in [2.24, 2.45) is 5.92 Å². The maximum Gasteiger partial charge on any atom is 0.0359 e. The summed E-state index contributed by atoms with van der Waals surface area (Å²) in [4.78, 5) is 2.47. The quantitative estimate of drug-likeness (QED) is 0.774. The highest BCUT2D eigenvalue weighted by Gasteiger charge is 2.30. The van der Waals surface area contributed by atoms with Crippen LogP contribution in [0, 0.1) is 5.92 Å². The lowest BCUT2D eigenvalue weighted by Crippen LogP contribution is -2.53. The normalized spacial score (nSPS) is 35.3. The summed E-state index contributed by atoms with van der Waals surface area (Å²) in [5.74, 6) is 1.48. The molecule has 0 spiro atoms. The number of likely N-dealkylation sites (tertiary alicyclic amines) is 1. The van der Waals surface area contributed by atoms with Gasteiger partial charge < -0.3 is 5.32 Å². The van der Waals surface area contributed by atoms with E-state index >= 15 is 0 Å². The number of nitrogens with zero attached hydrogens (tertiary/aromatic N) is 1. The van der Waals surface area contributed by atoms with E-state index in [2.05, 4.69) is 24.1 Å². The molecule has 0 aromatic rings. The molecule has 1 rings (SSSR count). The van der Waals surface area contributed by atoms with Crippen molar-refractivity contribution >= 4 is 10.8 Å². The molecule has 4 unspecified atom stereocenters. The van der Waals surface area contributed by atoms with Crippen LogP contribution in [0.1, 0.15) is 20.3 Å². The van der Waals surface area contributed by atoms with Crippen LogP contribution in [-0.2, 0) is 10.8 Å². The summed E-state index contributed by atoms with van der Waals surface area (Å²) in [6.45, 7) is 6.70. The van der Waals surface area contributed by atoms with Crippen LogP contribution in [0.15, 0.2) is 0 Å². The van der Waals surface area contributed by atoms with Crippen LogP contribution in [0.4, 0.5) is 0 Å². The zero-order valence-electron chi connectivity index (χ0n) is 10.3. The van der Waals surface area contributed by atoms with Gasteiger partial charge in [-0.15, -0.1) is 0 Å².